The minimum absolute atomic E-state index is 1.15. The molecule has 0 spiro atoms. The summed E-state index contributed by atoms with van der Waals surface area (Å²) in [7, 11) is 0. The van der Waals surface area contributed by atoms with Crippen molar-refractivity contribution >= 4 is 43.6 Å². The van der Waals surface area contributed by atoms with Crippen LogP contribution in [0.5, 0.6) is 0 Å². The van der Waals surface area contributed by atoms with Crippen LogP contribution in [0.4, 0.5) is 0 Å². The quantitative estimate of drug-likeness (QED) is 0.162. The average molecular weight is 713 g/mol. The highest BCUT2D eigenvalue weighted by Gasteiger charge is 2.19. The van der Waals surface area contributed by atoms with Gasteiger partial charge >= 0.3 is 0 Å². The Morgan fingerprint density at radius 3 is 1.43 bits per heavy atom. The van der Waals surface area contributed by atoms with E-state index in [-0.39, 0.29) is 0 Å². The van der Waals surface area contributed by atoms with Crippen LogP contribution in [-0.2, 0) is 0 Å². The topological polar surface area (TPSA) is 9.86 Å². The van der Waals surface area contributed by atoms with Crippen LogP contribution in [0.15, 0.2) is 218 Å². The predicted octanol–water partition coefficient (Wildman–Crippen LogP) is 14.5. The molecule has 2 nitrogen and oxygen atoms in total. The summed E-state index contributed by atoms with van der Waals surface area (Å²) in [5, 5.41) is 4.99. The van der Waals surface area contributed by atoms with E-state index in [0.717, 1.165) is 11.4 Å². The molecule has 0 radical (unpaired) electrons. The van der Waals surface area contributed by atoms with Crippen LogP contribution in [0.1, 0.15) is 0 Å². The normalized spacial score (nSPS) is 11.6. The van der Waals surface area contributed by atoms with Gasteiger partial charge in [0.2, 0.25) is 0 Å². The second-order valence-electron chi connectivity index (χ2n) is 14.6. The van der Waals surface area contributed by atoms with Gasteiger partial charge in [-0.05, 0) is 111 Å². The van der Waals surface area contributed by atoms with Gasteiger partial charge in [0.05, 0.1) is 22.1 Å². The van der Waals surface area contributed by atoms with Gasteiger partial charge in [-0.2, -0.15) is 0 Å². The van der Waals surface area contributed by atoms with Gasteiger partial charge < -0.3 is 9.13 Å². The maximum Gasteiger partial charge on any atom is 0.0547 e. The third kappa shape index (κ3) is 5.26. The second kappa shape index (κ2) is 13.2. The summed E-state index contributed by atoms with van der Waals surface area (Å²) >= 11 is 0. The first kappa shape index (κ1) is 32.0. The van der Waals surface area contributed by atoms with E-state index in [1.807, 2.05) is 0 Å². The number of benzene rings is 9. The Kier molecular flexibility index (Phi) is 7.53. The summed E-state index contributed by atoms with van der Waals surface area (Å²) < 4.78 is 4.83. The molecule has 0 unspecified atom stereocenters. The van der Waals surface area contributed by atoms with E-state index < -0.39 is 0 Å². The zero-order valence-electron chi connectivity index (χ0n) is 30.7. The van der Waals surface area contributed by atoms with Crippen molar-refractivity contribution in [3.8, 4) is 55.9 Å². The fourth-order valence-corrected chi connectivity index (χ4v) is 8.73. The number of nitrogens with zero attached hydrogens (tertiary/aromatic N) is 2. The molecule has 0 bridgehead atoms. The lowest BCUT2D eigenvalue weighted by Crippen LogP contribution is -1.94. The van der Waals surface area contributed by atoms with Crippen molar-refractivity contribution in [1.82, 2.24) is 9.13 Å². The van der Waals surface area contributed by atoms with E-state index in [2.05, 4.69) is 228 Å². The Morgan fingerprint density at radius 1 is 0.232 bits per heavy atom. The molecule has 2 heteroatoms. The Bertz CT molecular complexity index is 3220. The molecule has 56 heavy (non-hydrogen) atoms. The highest BCUT2D eigenvalue weighted by atomic mass is 15.0. The van der Waals surface area contributed by atoms with Gasteiger partial charge in [-0.3, -0.25) is 0 Å². The third-order valence-corrected chi connectivity index (χ3v) is 11.3. The molecule has 0 saturated heterocycles. The average Bonchev–Trinajstić information content (AvgIpc) is 3.80. The van der Waals surface area contributed by atoms with Crippen molar-refractivity contribution < 1.29 is 0 Å². The first-order valence-electron chi connectivity index (χ1n) is 19.3. The molecule has 0 aliphatic carbocycles. The molecular weight excluding hydrogens is 677 g/mol. The van der Waals surface area contributed by atoms with E-state index in [1.165, 1.54) is 88.1 Å². The van der Waals surface area contributed by atoms with Crippen LogP contribution in [0.3, 0.4) is 0 Å². The maximum absolute atomic E-state index is 2.42. The minimum Gasteiger partial charge on any atom is -0.309 e. The monoisotopic (exact) mass is 712 g/mol. The van der Waals surface area contributed by atoms with Crippen LogP contribution in [0.25, 0.3) is 99.5 Å². The van der Waals surface area contributed by atoms with Gasteiger partial charge in [0.1, 0.15) is 0 Å². The fourth-order valence-electron chi connectivity index (χ4n) is 8.73. The van der Waals surface area contributed by atoms with Gasteiger partial charge in [-0.15, -0.1) is 0 Å². The van der Waals surface area contributed by atoms with Crippen LogP contribution in [0.2, 0.25) is 0 Å². The number of aromatic nitrogens is 2. The van der Waals surface area contributed by atoms with Crippen molar-refractivity contribution in [1.29, 1.82) is 0 Å². The molecule has 262 valence electrons. The summed E-state index contributed by atoms with van der Waals surface area (Å²) in [6.07, 6.45) is 0. The van der Waals surface area contributed by atoms with E-state index in [4.69, 9.17) is 0 Å². The minimum atomic E-state index is 1.15. The van der Waals surface area contributed by atoms with Gasteiger partial charge in [0, 0.05) is 32.9 Å². The molecule has 0 saturated carbocycles. The van der Waals surface area contributed by atoms with Gasteiger partial charge in [0.25, 0.3) is 0 Å². The van der Waals surface area contributed by atoms with Crippen molar-refractivity contribution in [2.75, 3.05) is 0 Å². The third-order valence-electron chi connectivity index (χ3n) is 11.3. The number of hydrogen-bond acceptors (Lipinski definition) is 0. The molecule has 0 atom stereocenters. The lowest BCUT2D eigenvalue weighted by molar-refractivity contribution is 1.18. The Hall–Kier alpha value is -7.42. The highest BCUT2D eigenvalue weighted by Crippen LogP contribution is 2.42. The molecule has 0 N–H and O–H groups in total. The first-order chi connectivity index (χ1) is 27.8. The van der Waals surface area contributed by atoms with E-state index in [9.17, 15) is 0 Å². The van der Waals surface area contributed by atoms with E-state index in [1.54, 1.807) is 0 Å². The number of fused-ring (bicyclic) bond motifs is 6. The van der Waals surface area contributed by atoms with Gasteiger partial charge in [-0.25, -0.2) is 0 Å². The number of rotatable bonds is 6. The van der Waals surface area contributed by atoms with Gasteiger partial charge in [-0.1, -0.05) is 152 Å². The highest BCUT2D eigenvalue weighted by molar-refractivity contribution is 6.17. The zero-order chi connectivity index (χ0) is 37.0. The SMILES string of the molecule is c1ccc(-c2cccc(-c3cccc4c3c3cc(-c5ccc6c(c5)c5ccccc5n6-c5cccc(-c6ccccc6)c5)ccc3n4-c3ccccc3)c2)cc1. The van der Waals surface area contributed by atoms with Crippen molar-refractivity contribution in [3.05, 3.63) is 218 Å². The molecule has 11 aromatic rings. The molecule has 9 aromatic carbocycles. The summed E-state index contributed by atoms with van der Waals surface area (Å²) in [5.41, 5.74) is 16.8. The maximum atomic E-state index is 2.42. The number of hydrogen-bond donors (Lipinski definition) is 0. The largest absolute Gasteiger partial charge is 0.309 e. The number of para-hydroxylation sites is 2. The summed E-state index contributed by atoms with van der Waals surface area (Å²) in [5.74, 6) is 0. The Labute approximate surface area is 325 Å². The standard InChI is InChI=1S/C54H36N2/c1-4-15-37(16-5-1)39-19-12-21-43(33-39)46-26-14-28-53-54(46)49-36-42(30-32-52(49)55(53)44-22-8-3-9-23-44)41-29-31-51-48(35-41)47-25-10-11-27-50(47)56(51)45-24-13-20-40(34-45)38-17-6-2-7-18-38/h1-36H. The van der Waals surface area contributed by atoms with Gasteiger partial charge in [0.15, 0.2) is 0 Å². The Balaban J connectivity index is 1.11. The first-order valence-corrected chi connectivity index (χ1v) is 19.3. The molecule has 11 rings (SSSR count). The molecule has 0 fully saturated rings. The lowest BCUT2D eigenvalue weighted by Gasteiger charge is -2.11. The van der Waals surface area contributed by atoms with Crippen molar-refractivity contribution in [2.24, 2.45) is 0 Å². The molecule has 0 aliphatic heterocycles. The van der Waals surface area contributed by atoms with Crippen LogP contribution >= 0.6 is 0 Å². The zero-order valence-corrected chi connectivity index (χ0v) is 30.7. The van der Waals surface area contributed by atoms with E-state index >= 15 is 0 Å². The van der Waals surface area contributed by atoms with Crippen molar-refractivity contribution in [3.63, 3.8) is 0 Å². The summed E-state index contributed by atoms with van der Waals surface area (Å²) in [6, 6.07) is 79.4. The van der Waals surface area contributed by atoms with Crippen LogP contribution in [-0.4, -0.2) is 9.13 Å². The smallest absolute Gasteiger partial charge is 0.0547 e. The predicted molar refractivity (Wildman–Crippen MR) is 237 cm³/mol. The summed E-state index contributed by atoms with van der Waals surface area (Å²) in [6.45, 7) is 0. The lowest BCUT2D eigenvalue weighted by atomic mass is 9.95. The fraction of sp³-hybridized carbons (Fsp3) is 0. The van der Waals surface area contributed by atoms with Crippen molar-refractivity contribution in [2.45, 2.75) is 0 Å². The van der Waals surface area contributed by atoms with E-state index in [0.29, 0.717) is 0 Å². The molecule has 0 aliphatic rings. The molecular formula is C54H36N2. The molecule has 2 heterocycles. The molecule has 0 amide bonds. The summed E-state index contributed by atoms with van der Waals surface area (Å²) in [4.78, 5) is 0. The van der Waals surface area contributed by atoms with Crippen LogP contribution in [0, 0.1) is 0 Å². The molecule has 2 aromatic heterocycles. The van der Waals surface area contributed by atoms with Crippen LogP contribution < -0.4 is 0 Å². The second-order valence-corrected chi connectivity index (χ2v) is 14.6. The Morgan fingerprint density at radius 2 is 0.696 bits per heavy atom.